The Bertz CT molecular complexity index is 464. The molecule has 104 valence electrons. The molecule has 1 N–H and O–H groups in total. The van der Waals surface area contributed by atoms with E-state index in [4.69, 9.17) is 4.74 Å². The van der Waals surface area contributed by atoms with Crippen molar-refractivity contribution in [2.45, 2.75) is 58.6 Å². The largest absolute Gasteiger partial charge is 0.481 e. The highest BCUT2D eigenvalue weighted by Crippen LogP contribution is 2.28. The van der Waals surface area contributed by atoms with Crippen LogP contribution >= 0.6 is 0 Å². The minimum atomic E-state index is -0.445. The van der Waals surface area contributed by atoms with Crippen LogP contribution in [0.3, 0.4) is 0 Å². The van der Waals surface area contributed by atoms with Crippen LogP contribution in [0.2, 0.25) is 0 Å². The van der Waals surface area contributed by atoms with Gasteiger partial charge in [-0.15, -0.1) is 0 Å². The number of hydrogen-bond acceptors (Lipinski definition) is 2. The fourth-order valence-electron chi connectivity index (χ4n) is 2.01. The Labute approximate surface area is 115 Å². The van der Waals surface area contributed by atoms with Crippen molar-refractivity contribution in [3.8, 4) is 5.75 Å². The molecule has 1 aromatic rings. The molecule has 3 heteroatoms. The van der Waals surface area contributed by atoms with Crippen molar-refractivity contribution in [1.29, 1.82) is 0 Å². The first-order chi connectivity index (χ1) is 8.97. The quantitative estimate of drug-likeness (QED) is 0.884. The number of hydrogen-bond donors (Lipinski definition) is 1. The molecule has 1 amide bonds. The molecule has 1 aromatic carbocycles. The highest BCUT2D eigenvalue weighted by molar-refractivity contribution is 5.81. The van der Waals surface area contributed by atoms with E-state index in [1.807, 2.05) is 19.9 Å². The van der Waals surface area contributed by atoms with Crippen molar-refractivity contribution in [2.24, 2.45) is 0 Å². The topological polar surface area (TPSA) is 38.3 Å². The maximum atomic E-state index is 11.9. The standard InChI is InChI=1S/C16H23NO2/c1-10(2)14-8-5-11(3)9-15(14)19-12(4)16(18)17-13-6-7-13/h5,8-10,12-13H,6-7H2,1-4H3,(H,17,18)/t12-/m1/s1. The smallest absolute Gasteiger partial charge is 0.260 e. The minimum absolute atomic E-state index is 0.0151. The third-order valence-electron chi connectivity index (χ3n) is 3.39. The Hall–Kier alpha value is -1.51. The van der Waals surface area contributed by atoms with Gasteiger partial charge in [-0.3, -0.25) is 4.79 Å². The van der Waals surface area contributed by atoms with Crippen molar-refractivity contribution in [1.82, 2.24) is 5.32 Å². The van der Waals surface area contributed by atoms with Crippen molar-refractivity contribution in [2.75, 3.05) is 0 Å². The lowest BCUT2D eigenvalue weighted by atomic mass is 10.0. The zero-order valence-electron chi connectivity index (χ0n) is 12.2. The molecule has 1 aliphatic carbocycles. The van der Waals surface area contributed by atoms with E-state index in [9.17, 15) is 4.79 Å². The molecule has 0 aliphatic heterocycles. The number of benzene rings is 1. The van der Waals surface area contributed by atoms with Gasteiger partial charge in [-0.1, -0.05) is 26.0 Å². The van der Waals surface area contributed by atoms with Gasteiger partial charge >= 0.3 is 0 Å². The van der Waals surface area contributed by atoms with Gasteiger partial charge in [0, 0.05) is 6.04 Å². The third-order valence-corrected chi connectivity index (χ3v) is 3.39. The molecule has 0 aromatic heterocycles. The van der Waals surface area contributed by atoms with Crippen LogP contribution in [0.1, 0.15) is 50.7 Å². The van der Waals surface area contributed by atoms with Crippen LogP contribution in [0.4, 0.5) is 0 Å². The second-order valence-corrected chi connectivity index (χ2v) is 5.74. The van der Waals surface area contributed by atoms with Crippen molar-refractivity contribution in [3.63, 3.8) is 0 Å². The fraction of sp³-hybridized carbons (Fsp3) is 0.562. The summed E-state index contributed by atoms with van der Waals surface area (Å²) in [6.07, 6.45) is 1.75. The summed E-state index contributed by atoms with van der Waals surface area (Å²) in [6.45, 7) is 8.11. The first-order valence-electron chi connectivity index (χ1n) is 7.05. The molecule has 1 saturated carbocycles. The van der Waals surface area contributed by atoms with Crippen LogP contribution in [0.15, 0.2) is 18.2 Å². The van der Waals surface area contributed by atoms with E-state index < -0.39 is 6.10 Å². The SMILES string of the molecule is Cc1ccc(C(C)C)c(O[C@H](C)C(=O)NC2CC2)c1. The summed E-state index contributed by atoms with van der Waals surface area (Å²) in [7, 11) is 0. The number of carbonyl (C=O) groups excluding carboxylic acids is 1. The summed E-state index contributed by atoms with van der Waals surface area (Å²) in [5.41, 5.74) is 2.30. The van der Waals surface area contributed by atoms with Crippen molar-refractivity contribution >= 4 is 5.91 Å². The van der Waals surface area contributed by atoms with Crippen LogP contribution in [-0.4, -0.2) is 18.1 Å². The van der Waals surface area contributed by atoms with Gasteiger partial charge in [0.15, 0.2) is 6.10 Å². The van der Waals surface area contributed by atoms with E-state index >= 15 is 0 Å². The molecule has 3 nitrogen and oxygen atoms in total. The second kappa shape index (κ2) is 5.64. The highest BCUT2D eigenvalue weighted by Gasteiger charge is 2.26. The Balaban J connectivity index is 2.07. The average Bonchev–Trinajstić information content (AvgIpc) is 3.12. The van der Waals surface area contributed by atoms with Gasteiger partial charge < -0.3 is 10.1 Å². The normalized spacial score (nSPS) is 16.3. The third kappa shape index (κ3) is 3.72. The monoisotopic (exact) mass is 261 g/mol. The molecule has 1 aliphatic rings. The summed E-state index contributed by atoms with van der Waals surface area (Å²) in [5.74, 6) is 1.20. The average molecular weight is 261 g/mol. The lowest BCUT2D eigenvalue weighted by Gasteiger charge is -2.19. The van der Waals surface area contributed by atoms with E-state index in [1.165, 1.54) is 0 Å². The van der Waals surface area contributed by atoms with E-state index in [2.05, 4.69) is 31.3 Å². The molecule has 1 fully saturated rings. The van der Waals surface area contributed by atoms with Gasteiger partial charge in [-0.05, 0) is 49.8 Å². The van der Waals surface area contributed by atoms with Gasteiger partial charge in [0.05, 0.1) is 0 Å². The molecular weight excluding hydrogens is 238 g/mol. The molecule has 0 heterocycles. The molecule has 0 spiro atoms. The lowest BCUT2D eigenvalue weighted by molar-refractivity contribution is -0.127. The van der Waals surface area contributed by atoms with E-state index in [0.717, 1.165) is 29.7 Å². The number of ether oxygens (including phenoxy) is 1. The van der Waals surface area contributed by atoms with Gasteiger partial charge in [-0.25, -0.2) is 0 Å². The summed E-state index contributed by atoms with van der Waals surface area (Å²) in [5, 5.41) is 2.97. The van der Waals surface area contributed by atoms with Crippen molar-refractivity contribution < 1.29 is 9.53 Å². The number of amides is 1. The predicted molar refractivity (Wildman–Crippen MR) is 76.5 cm³/mol. The summed E-state index contributed by atoms with van der Waals surface area (Å²) >= 11 is 0. The first-order valence-corrected chi connectivity index (χ1v) is 7.05. The highest BCUT2D eigenvalue weighted by atomic mass is 16.5. The molecule has 0 bridgehead atoms. The molecule has 1 atom stereocenters. The maximum absolute atomic E-state index is 11.9. The first kappa shape index (κ1) is 13.9. The Kier molecular flexibility index (Phi) is 4.13. The van der Waals surface area contributed by atoms with Gasteiger partial charge in [0.25, 0.3) is 5.91 Å². The summed E-state index contributed by atoms with van der Waals surface area (Å²) < 4.78 is 5.87. The second-order valence-electron chi connectivity index (χ2n) is 5.74. The minimum Gasteiger partial charge on any atom is -0.481 e. The molecule has 0 radical (unpaired) electrons. The number of carbonyl (C=O) groups is 1. The molecule has 0 unspecified atom stereocenters. The molecule has 2 rings (SSSR count). The predicted octanol–water partition coefficient (Wildman–Crippen LogP) is 3.16. The summed E-state index contributed by atoms with van der Waals surface area (Å²) in [4.78, 5) is 11.9. The van der Waals surface area contributed by atoms with Crippen LogP contribution in [-0.2, 0) is 4.79 Å². The zero-order chi connectivity index (χ0) is 14.0. The van der Waals surface area contributed by atoms with Crippen molar-refractivity contribution in [3.05, 3.63) is 29.3 Å². The Morgan fingerprint density at radius 2 is 2.00 bits per heavy atom. The Morgan fingerprint density at radius 3 is 2.58 bits per heavy atom. The van der Waals surface area contributed by atoms with E-state index in [-0.39, 0.29) is 5.91 Å². The zero-order valence-corrected chi connectivity index (χ0v) is 12.2. The van der Waals surface area contributed by atoms with Gasteiger partial charge in [-0.2, -0.15) is 0 Å². The molecule has 0 saturated heterocycles. The number of rotatable bonds is 5. The van der Waals surface area contributed by atoms with Crippen LogP contribution in [0.25, 0.3) is 0 Å². The van der Waals surface area contributed by atoms with Crippen LogP contribution in [0.5, 0.6) is 5.75 Å². The van der Waals surface area contributed by atoms with Crippen LogP contribution < -0.4 is 10.1 Å². The molecule has 19 heavy (non-hydrogen) atoms. The van der Waals surface area contributed by atoms with Gasteiger partial charge in [0.1, 0.15) is 5.75 Å². The van der Waals surface area contributed by atoms with Crippen LogP contribution in [0, 0.1) is 6.92 Å². The Morgan fingerprint density at radius 1 is 1.32 bits per heavy atom. The fourth-order valence-corrected chi connectivity index (χ4v) is 2.01. The maximum Gasteiger partial charge on any atom is 0.260 e. The summed E-state index contributed by atoms with van der Waals surface area (Å²) in [6, 6.07) is 6.55. The van der Waals surface area contributed by atoms with E-state index in [0.29, 0.717) is 12.0 Å². The van der Waals surface area contributed by atoms with Gasteiger partial charge in [0.2, 0.25) is 0 Å². The number of nitrogens with one attached hydrogen (secondary N) is 1. The number of aryl methyl sites for hydroxylation is 1. The lowest BCUT2D eigenvalue weighted by Crippen LogP contribution is -2.37. The van der Waals surface area contributed by atoms with E-state index in [1.54, 1.807) is 0 Å². The molecular formula is C16H23NO2.